The number of anilines is 1. The molecule has 1 atom stereocenters. The van der Waals surface area contributed by atoms with E-state index >= 15 is 0 Å². The lowest BCUT2D eigenvalue weighted by atomic mass is 9.86. The van der Waals surface area contributed by atoms with E-state index in [0.717, 1.165) is 11.8 Å². The van der Waals surface area contributed by atoms with Crippen LogP contribution in [0.5, 0.6) is 23.0 Å². The Morgan fingerprint density at radius 2 is 1.74 bits per heavy atom. The minimum Gasteiger partial charge on any atom is -0.497 e. The number of hydrogen-bond acceptors (Lipinski definition) is 8. The first-order valence-electron chi connectivity index (χ1n) is 10.2. The number of thioether (sulfide) groups is 1. The molecule has 0 saturated heterocycles. The van der Waals surface area contributed by atoms with Crippen LogP contribution in [0.2, 0.25) is 0 Å². The number of benzene rings is 2. The number of nitrogens with one attached hydrogen (secondary N) is 2. The van der Waals surface area contributed by atoms with Gasteiger partial charge in [0.15, 0.2) is 11.5 Å². The van der Waals surface area contributed by atoms with E-state index in [2.05, 4.69) is 16.7 Å². The Labute approximate surface area is 202 Å². The molecule has 9 nitrogen and oxygen atoms in total. The van der Waals surface area contributed by atoms with Crippen LogP contribution in [0.1, 0.15) is 17.9 Å². The van der Waals surface area contributed by atoms with E-state index in [1.807, 2.05) is 0 Å². The summed E-state index contributed by atoms with van der Waals surface area (Å²) < 4.78 is 21.3. The van der Waals surface area contributed by atoms with Crippen molar-refractivity contribution < 1.29 is 28.5 Å². The van der Waals surface area contributed by atoms with E-state index in [9.17, 15) is 14.9 Å². The zero-order valence-corrected chi connectivity index (χ0v) is 20.1. The highest BCUT2D eigenvalue weighted by atomic mass is 32.2. The van der Waals surface area contributed by atoms with Gasteiger partial charge in [0, 0.05) is 18.0 Å². The first-order valence-corrected chi connectivity index (χ1v) is 11.2. The fraction of sp³-hybridized carbons (Fsp3) is 0.292. The Morgan fingerprint density at radius 1 is 1.09 bits per heavy atom. The van der Waals surface area contributed by atoms with Crippen LogP contribution in [0.4, 0.5) is 5.69 Å². The molecular formula is C24H25N3O6S. The molecule has 2 amide bonds. The number of allylic oxidation sites excluding steroid dienone is 1. The molecule has 2 aromatic carbocycles. The van der Waals surface area contributed by atoms with Crippen LogP contribution in [0.3, 0.4) is 0 Å². The summed E-state index contributed by atoms with van der Waals surface area (Å²) in [5, 5.41) is 15.8. The average molecular weight is 484 g/mol. The predicted octanol–water partition coefficient (Wildman–Crippen LogP) is 3.43. The lowest BCUT2D eigenvalue weighted by molar-refractivity contribution is -0.121. The van der Waals surface area contributed by atoms with Crippen molar-refractivity contribution in [1.82, 2.24) is 5.32 Å². The van der Waals surface area contributed by atoms with Crippen molar-refractivity contribution in [3.05, 3.63) is 52.6 Å². The highest BCUT2D eigenvalue weighted by Crippen LogP contribution is 2.44. The summed E-state index contributed by atoms with van der Waals surface area (Å²) >= 11 is 1.10. The molecule has 10 heteroatoms. The smallest absolute Gasteiger partial charge is 0.234 e. The van der Waals surface area contributed by atoms with E-state index < -0.39 is 5.92 Å². The maximum absolute atomic E-state index is 12.5. The van der Waals surface area contributed by atoms with Gasteiger partial charge >= 0.3 is 0 Å². The number of carbonyl (C=O) groups is 2. The summed E-state index contributed by atoms with van der Waals surface area (Å²) in [6, 6.07) is 12.6. The number of methoxy groups -OCH3 is 4. The Hall–Kier alpha value is -3.84. The number of rotatable bonds is 9. The molecule has 0 bridgehead atoms. The highest BCUT2D eigenvalue weighted by Gasteiger charge is 2.31. The fourth-order valence-corrected chi connectivity index (χ4v) is 4.41. The molecule has 0 unspecified atom stereocenters. The van der Waals surface area contributed by atoms with Gasteiger partial charge in [0.2, 0.25) is 17.6 Å². The van der Waals surface area contributed by atoms with Gasteiger partial charge in [-0.15, -0.1) is 0 Å². The molecule has 2 N–H and O–H groups in total. The Bertz CT molecular complexity index is 1120. The predicted molar refractivity (Wildman–Crippen MR) is 128 cm³/mol. The number of ether oxygens (including phenoxy) is 4. The van der Waals surface area contributed by atoms with Gasteiger partial charge in [-0.05, 0) is 42.0 Å². The van der Waals surface area contributed by atoms with E-state index in [0.29, 0.717) is 44.9 Å². The Kier molecular flexibility index (Phi) is 8.27. The minimum atomic E-state index is -0.528. The minimum absolute atomic E-state index is 0.00873. The SMILES string of the molecule is COc1ccc(NC(=O)CSC2=C(C#N)[C@@H](c3cc(OC)c(OC)c(OC)c3)CC(=O)N2)cc1. The molecule has 0 fully saturated rings. The van der Waals surface area contributed by atoms with Gasteiger partial charge < -0.3 is 29.6 Å². The number of carbonyl (C=O) groups excluding carboxylic acids is 2. The molecular weight excluding hydrogens is 458 g/mol. The van der Waals surface area contributed by atoms with Crippen LogP contribution in [-0.2, 0) is 9.59 Å². The van der Waals surface area contributed by atoms with Crippen LogP contribution >= 0.6 is 11.8 Å². The normalized spacial score (nSPS) is 15.1. The van der Waals surface area contributed by atoms with Crippen molar-refractivity contribution in [3.63, 3.8) is 0 Å². The maximum Gasteiger partial charge on any atom is 0.234 e. The third-order valence-electron chi connectivity index (χ3n) is 5.17. The number of nitriles is 1. The molecule has 0 aromatic heterocycles. The van der Waals surface area contributed by atoms with Gasteiger partial charge in [-0.3, -0.25) is 9.59 Å². The first-order chi connectivity index (χ1) is 16.4. The van der Waals surface area contributed by atoms with Crippen LogP contribution in [0.25, 0.3) is 0 Å². The standard InChI is InChI=1S/C24H25N3O6S/c1-30-16-7-5-15(6-8-16)26-22(29)13-34-24-18(12-25)17(11-21(28)27-24)14-9-19(31-2)23(33-4)20(10-14)32-3/h5-10,17H,11,13H2,1-4H3,(H,26,29)(H,27,28)/t17-/m1/s1. The van der Waals surface area contributed by atoms with Crippen LogP contribution in [0, 0.1) is 11.3 Å². The molecule has 0 aliphatic carbocycles. The number of nitrogens with zero attached hydrogens (tertiary/aromatic N) is 1. The molecule has 1 aliphatic heterocycles. The summed E-state index contributed by atoms with van der Waals surface area (Å²) in [6.07, 6.45) is 0.0731. The quantitative estimate of drug-likeness (QED) is 0.557. The van der Waals surface area contributed by atoms with Gasteiger partial charge in [0.05, 0.1) is 50.9 Å². The summed E-state index contributed by atoms with van der Waals surface area (Å²) in [7, 11) is 6.06. The maximum atomic E-state index is 12.5. The van der Waals surface area contributed by atoms with Crippen molar-refractivity contribution in [2.24, 2.45) is 0 Å². The van der Waals surface area contributed by atoms with E-state index in [4.69, 9.17) is 18.9 Å². The second kappa shape index (κ2) is 11.3. The van der Waals surface area contributed by atoms with Crippen LogP contribution in [0.15, 0.2) is 47.0 Å². The Balaban J connectivity index is 1.83. The molecule has 0 spiro atoms. The molecule has 0 saturated carbocycles. The van der Waals surface area contributed by atoms with Crippen molar-refractivity contribution in [2.75, 3.05) is 39.5 Å². The topological polar surface area (TPSA) is 119 Å². The van der Waals surface area contributed by atoms with Crippen molar-refractivity contribution >= 4 is 29.3 Å². The summed E-state index contributed by atoms with van der Waals surface area (Å²) in [5.41, 5.74) is 1.64. The summed E-state index contributed by atoms with van der Waals surface area (Å²) in [4.78, 5) is 24.9. The lowest BCUT2D eigenvalue weighted by Gasteiger charge is -2.26. The van der Waals surface area contributed by atoms with Crippen molar-refractivity contribution in [2.45, 2.75) is 12.3 Å². The zero-order valence-electron chi connectivity index (χ0n) is 19.3. The number of hydrogen-bond donors (Lipinski definition) is 2. The molecule has 34 heavy (non-hydrogen) atoms. The molecule has 1 heterocycles. The molecule has 1 aliphatic rings. The van der Waals surface area contributed by atoms with Gasteiger partial charge in [0.1, 0.15) is 5.75 Å². The molecule has 2 aromatic rings. The molecule has 3 rings (SSSR count). The Morgan fingerprint density at radius 3 is 2.26 bits per heavy atom. The van der Waals surface area contributed by atoms with E-state index in [1.54, 1.807) is 43.5 Å². The molecule has 178 valence electrons. The van der Waals surface area contributed by atoms with Gasteiger partial charge in [-0.1, -0.05) is 11.8 Å². The fourth-order valence-electron chi connectivity index (χ4n) is 3.53. The highest BCUT2D eigenvalue weighted by molar-refractivity contribution is 8.03. The summed E-state index contributed by atoms with van der Waals surface area (Å²) in [5.74, 6) is 0.899. The third-order valence-corrected chi connectivity index (χ3v) is 6.18. The largest absolute Gasteiger partial charge is 0.497 e. The van der Waals surface area contributed by atoms with Crippen LogP contribution < -0.4 is 29.6 Å². The van der Waals surface area contributed by atoms with Gasteiger partial charge in [-0.25, -0.2) is 0 Å². The number of amides is 2. The van der Waals surface area contributed by atoms with Gasteiger partial charge in [-0.2, -0.15) is 5.26 Å². The molecule has 0 radical (unpaired) electrons. The summed E-state index contributed by atoms with van der Waals surface area (Å²) in [6.45, 7) is 0. The third kappa shape index (κ3) is 5.55. The van der Waals surface area contributed by atoms with Crippen molar-refractivity contribution in [1.29, 1.82) is 5.26 Å². The van der Waals surface area contributed by atoms with E-state index in [-0.39, 0.29) is 24.0 Å². The second-order valence-electron chi connectivity index (χ2n) is 7.18. The van der Waals surface area contributed by atoms with Crippen molar-refractivity contribution in [3.8, 4) is 29.1 Å². The first kappa shape index (κ1) is 24.8. The van der Waals surface area contributed by atoms with E-state index in [1.165, 1.54) is 21.3 Å². The van der Waals surface area contributed by atoms with Crippen LogP contribution in [-0.4, -0.2) is 46.0 Å². The average Bonchev–Trinajstić information content (AvgIpc) is 2.86. The zero-order chi connectivity index (χ0) is 24.7. The monoisotopic (exact) mass is 483 g/mol. The second-order valence-corrected chi connectivity index (χ2v) is 8.17. The lowest BCUT2D eigenvalue weighted by Crippen LogP contribution is -2.31. The van der Waals surface area contributed by atoms with Gasteiger partial charge in [0.25, 0.3) is 0 Å².